The number of hydrogen-bond donors (Lipinski definition) is 1. The zero-order chi connectivity index (χ0) is 26.0. The van der Waals surface area contributed by atoms with Gasteiger partial charge in [-0.2, -0.15) is 0 Å². The zero-order valence-electron chi connectivity index (χ0n) is 20.3. The van der Waals surface area contributed by atoms with Crippen LogP contribution < -0.4 is 10.2 Å². The van der Waals surface area contributed by atoms with Crippen LogP contribution in [0.1, 0.15) is 21.8 Å². The summed E-state index contributed by atoms with van der Waals surface area (Å²) in [5.41, 5.74) is 4.57. The number of aryl methyl sites for hydroxylation is 2. The highest BCUT2D eigenvalue weighted by molar-refractivity contribution is 7.15. The minimum Gasteiger partial charge on any atom is -0.406 e. The molecule has 0 aliphatic carbocycles. The van der Waals surface area contributed by atoms with E-state index < -0.39 is 6.36 Å². The first kappa shape index (κ1) is 28.8. The number of pyridine rings is 1. The van der Waals surface area contributed by atoms with Crippen LogP contribution in [0.2, 0.25) is 5.02 Å². The van der Waals surface area contributed by atoms with Gasteiger partial charge in [-0.1, -0.05) is 48.0 Å². The summed E-state index contributed by atoms with van der Waals surface area (Å²) in [5.74, 6) is -0.229. The molecule has 1 N–H and O–H groups in total. The van der Waals surface area contributed by atoms with E-state index in [2.05, 4.69) is 26.8 Å². The molecule has 0 aliphatic rings. The molecule has 0 atom stereocenters. The van der Waals surface area contributed by atoms with E-state index in [9.17, 15) is 18.0 Å². The number of benzene rings is 2. The second-order valence-corrected chi connectivity index (χ2v) is 10.1. The van der Waals surface area contributed by atoms with Crippen LogP contribution in [0.3, 0.4) is 0 Å². The van der Waals surface area contributed by atoms with Crippen LogP contribution in [0.25, 0.3) is 21.6 Å². The van der Waals surface area contributed by atoms with Gasteiger partial charge < -0.3 is 9.72 Å². The van der Waals surface area contributed by atoms with E-state index >= 15 is 0 Å². The normalized spacial score (nSPS) is 11.5. The molecule has 4 rings (SSSR count). The molecule has 10 heteroatoms. The molecule has 0 fully saturated rings. The predicted molar refractivity (Wildman–Crippen MR) is 146 cm³/mol. The summed E-state index contributed by atoms with van der Waals surface area (Å²) in [6.45, 7) is 4.92. The molecule has 0 saturated carbocycles. The maximum atomic E-state index is 12.7. The van der Waals surface area contributed by atoms with Gasteiger partial charge in [0.2, 0.25) is 5.43 Å². The maximum Gasteiger partial charge on any atom is 0.573 e. The van der Waals surface area contributed by atoms with E-state index in [-0.39, 0.29) is 28.6 Å². The summed E-state index contributed by atoms with van der Waals surface area (Å²) < 4.78 is 40.9. The van der Waals surface area contributed by atoms with Gasteiger partial charge in [0, 0.05) is 39.8 Å². The van der Waals surface area contributed by atoms with Gasteiger partial charge in [0.15, 0.2) is 0 Å². The maximum absolute atomic E-state index is 12.7. The third kappa shape index (κ3) is 7.17. The third-order valence-corrected chi connectivity index (χ3v) is 7.23. The van der Waals surface area contributed by atoms with Gasteiger partial charge in [-0.05, 0) is 61.9 Å². The number of ether oxygens (including phenoxy) is 1. The van der Waals surface area contributed by atoms with Gasteiger partial charge in [0.1, 0.15) is 10.8 Å². The number of H-pyrrole nitrogens is 1. The minimum atomic E-state index is -4.69. The Hall–Kier alpha value is -2.78. The van der Waals surface area contributed by atoms with Crippen molar-refractivity contribution in [2.45, 2.75) is 33.3 Å². The van der Waals surface area contributed by atoms with Gasteiger partial charge in [-0.15, -0.1) is 36.9 Å². The molecule has 37 heavy (non-hydrogen) atoms. The van der Waals surface area contributed by atoms with E-state index in [1.807, 2.05) is 38.2 Å². The van der Waals surface area contributed by atoms with Crippen molar-refractivity contribution in [1.29, 1.82) is 0 Å². The molecule has 4 aromatic rings. The van der Waals surface area contributed by atoms with Gasteiger partial charge in [-0.3, -0.25) is 9.69 Å². The summed E-state index contributed by atoms with van der Waals surface area (Å²) in [6, 6.07) is 17.9. The Morgan fingerprint density at radius 1 is 0.919 bits per heavy atom. The Bertz CT molecular complexity index is 1420. The Kier molecular flexibility index (Phi) is 9.13. The molecule has 4 nitrogen and oxygen atoms in total. The van der Waals surface area contributed by atoms with Crippen LogP contribution >= 0.6 is 35.3 Å². The van der Waals surface area contributed by atoms with E-state index in [0.717, 1.165) is 32.1 Å². The highest BCUT2D eigenvalue weighted by Gasteiger charge is 2.30. The van der Waals surface area contributed by atoms with Gasteiger partial charge in [-0.25, -0.2) is 0 Å². The third-order valence-electron chi connectivity index (χ3n) is 5.66. The topological polar surface area (TPSA) is 45.3 Å². The van der Waals surface area contributed by atoms with Crippen LogP contribution in [0.5, 0.6) is 5.75 Å². The lowest BCUT2D eigenvalue weighted by molar-refractivity contribution is -0.274. The van der Waals surface area contributed by atoms with Crippen LogP contribution in [-0.2, 0) is 13.1 Å². The second-order valence-electron chi connectivity index (χ2n) is 8.60. The summed E-state index contributed by atoms with van der Waals surface area (Å²) in [5, 5.41) is 0.206. The van der Waals surface area contributed by atoms with Gasteiger partial charge in [0.05, 0.1) is 0 Å². The number of rotatable bonds is 7. The Morgan fingerprint density at radius 2 is 1.54 bits per heavy atom. The monoisotopic (exact) mass is 568 g/mol. The van der Waals surface area contributed by atoms with Crippen molar-refractivity contribution in [2.75, 3.05) is 7.05 Å². The molecule has 2 aromatic carbocycles. The Morgan fingerprint density at radius 3 is 2.16 bits per heavy atom. The number of hydrogen-bond acceptors (Lipinski definition) is 4. The highest BCUT2D eigenvalue weighted by Crippen LogP contribution is 2.31. The molecule has 2 aromatic heterocycles. The number of aromatic nitrogens is 1. The molecule has 0 unspecified atom stereocenters. The molecule has 0 amide bonds. The largest absolute Gasteiger partial charge is 0.573 e. The molecular weight excluding hydrogens is 544 g/mol. The fraction of sp³-hybridized carbons (Fsp3) is 0.222. The lowest BCUT2D eigenvalue weighted by atomic mass is 10.0. The molecule has 196 valence electrons. The Balaban J connectivity index is 0.00000380. The number of thiophene rings is 1. The van der Waals surface area contributed by atoms with Crippen molar-refractivity contribution in [3.8, 4) is 27.3 Å². The van der Waals surface area contributed by atoms with Gasteiger partial charge >= 0.3 is 6.36 Å². The highest BCUT2D eigenvalue weighted by atomic mass is 35.5. The van der Waals surface area contributed by atoms with E-state index in [1.165, 1.54) is 12.1 Å². The van der Waals surface area contributed by atoms with Crippen molar-refractivity contribution in [1.82, 2.24) is 9.88 Å². The summed E-state index contributed by atoms with van der Waals surface area (Å²) in [4.78, 5) is 20.2. The van der Waals surface area contributed by atoms with Crippen LogP contribution in [-0.4, -0.2) is 23.3 Å². The number of alkyl halides is 3. The van der Waals surface area contributed by atoms with Crippen molar-refractivity contribution >= 4 is 35.3 Å². The van der Waals surface area contributed by atoms with Crippen LogP contribution in [0.15, 0.2) is 65.5 Å². The molecule has 0 spiro atoms. The number of nitrogens with zero attached hydrogens (tertiary/aromatic N) is 1. The standard InChI is InChI=1S/C27H24ClF3N2O2S.ClH/c1-16-24(26(34)25(28)17(2)32-16)20-8-6-19(7-9-20)23-13-12-22(36-23)15-33(3)14-18-4-10-21(11-5-18)35-27(29,30)31;/h4-13H,14-15H2,1-3H3,(H,32,34);1H. The second kappa shape index (κ2) is 11.7. The zero-order valence-corrected chi connectivity index (χ0v) is 22.7. The molecule has 2 heterocycles. The number of nitrogens with one attached hydrogen (secondary N) is 1. The number of aromatic amines is 1. The first-order valence-electron chi connectivity index (χ1n) is 11.1. The smallest absolute Gasteiger partial charge is 0.406 e. The predicted octanol–water partition coefficient (Wildman–Crippen LogP) is 7.99. The molecular formula is C27H25Cl2F3N2O2S. The fourth-order valence-electron chi connectivity index (χ4n) is 4.05. The number of halogens is 5. The average Bonchev–Trinajstić information content (AvgIpc) is 3.26. The lowest BCUT2D eigenvalue weighted by Crippen LogP contribution is -2.18. The SMILES string of the molecule is Cc1[nH]c(C)c(-c2ccc(-c3ccc(CN(C)Cc4ccc(OC(F)(F)F)cc4)s3)cc2)c(=O)c1Cl.Cl. The average molecular weight is 569 g/mol. The molecule has 0 saturated heterocycles. The van der Waals surface area contributed by atoms with E-state index in [4.69, 9.17) is 11.6 Å². The molecule has 0 aliphatic heterocycles. The summed E-state index contributed by atoms with van der Waals surface area (Å²) in [7, 11) is 1.96. The quantitative estimate of drug-likeness (QED) is 0.245. The molecule has 0 radical (unpaired) electrons. The van der Waals surface area contributed by atoms with Crippen molar-refractivity contribution in [3.05, 3.63) is 97.7 Å². The van der Waals surface area contributed by atoms with Crippen LogP contribution in [0, 0.1) is 13.8 Å². The summed E-state index contributed by atoms with van der Waals surface area (Å²) >= 11 is 7.83. The van der Waals surface area contributed by atoms with Crippen LogP contribution in [0.4, 0.5) is 13.2 Å². The molecule has 0 bridgehead atoms. The van der Waals surface area contributed by atoms with Crippen molar-refractivity contribution in [2.24, 2.45) is 0 Å². The minimum absolute atomic E-state index is 0. The Labute approximate surface area is 228 Å². The van der Waals surface area contributed by atoms with Crippen molar-refractivity contribution in [3.63, 3.8) is 0 Å². The first-order chi connectivity index (χ1) is 17.0. The van der Waals surface area contributed by atoms with E-state index in [0.29, 0.717) is 24.3 Å². The fourth-order valence-corrected chi connectivity index (χ4v) is 5.28. The van der Waals surface area contributed by atoms with E-state index in [1.54, 1.807) is 30.4 Å². The van der Waals surface area contributed by atoms with Crippen molar-refractivity contribution < 1.29 is 17.9 Å². The summed E-state index contributed by atoms with van der Waals surface area (Å²) in [6.07, 6.45) is -4.69. The lowest BCUT2D eigenvalue weighted by Gasteiger charge is -2.16. The first-order valence-corrected chi connectivity index (χ1v) is 12.3. The van der Waals surface area contributed by atoms with Gasteiger partial charge in [0.25, 0.3) is 0 Å².